The molecule has 1 heterocycles. The van der Waals surface area contributed by atoms with Crippen molar-refractivity contribution < 1.29 is 4.74 Å². The Hall–Kier alpha value is -1.56. The van der Waals surface area contributed by atoms with E-state index in [4.69, 9.17) is 10.5 Å². The second-order valence-electron chi connectivity index (χ2n) is 5.45. The third-order valence-electron chi connectivity index (χ3n) is 3.73. The SMILES string of the molecule is Nc1ccc(Br)cc1Nc1cccc(CN2CCOCC2)c1. The smallest absolute Gasteiger partial charge is 0.0629 e. The maximum Gasteiger partial charge on any atom is 0.0629 e. The third kappa shape index (κ3) is 4.00. The molecule has 0 saturated carbocycles. The summed E-state index contributed by atoms with van der Waals surface area (Å²) in [7, 11) is 0. The van der Waals surface area contributed by atoms with Crippen molar-refractivity contribution in [1.82, 2.24) is 4.90 Å². The molecule has 1 aliphatic heterocycles. The van der Waals surface area contributed by atoms with Crippen molar-refractivity contribution in [2.75, 3.05) is 37.4 Å². The molecule has 22 heavy (non-hydrogen) atoms. The van der Waals surface area contributed by atoms with Gasteiger partial charge in [0.1, 0.15) is 0 Å². The molecule has 2 aromatic carbocycles. The minimum absolute atomic E-state index is 0.738. The molecule has 0 bridgehead atoms. The Morgan fingerprint density at radius 1 is 1.14 bits per heavy atom. The van der Waals surface area contributed by atoms with Crippen molar-refractivity contribution in [3.05, 3.63) is 52.5 Å². The van der Waals surface area contributed by atoms with Gasteiger partial charge in [-0.3, -0.25) is 4.90 Å². The molecule has 0 radical (unpaired) electrons. The van der Waals surface area contributed by atoms with Crippen molar-refractivity contribution in [3.63, 3.8) is 0 Å². The van der Waals surface area contributed by atoms with E-state index in [9.17, 15) is 0 Å². The molecule has 1 saturated heterocycles. The summed E-state index contributed by atoms with van der Waals surface area (Å²) in [5, 5.41) is 3.39. The van der Waals surface area contributed by atoms with Gasteiger partial charge in [0.25, 0.3) is 0 Å². The molecule has 1 fully saturated rings. The Kier molecular flexibility index (Phi) is 4.97. The molecule has 3 rings (SSSR count). The minimum atomic E-state index is 0.738. The number of hydrogen-bond acceptors (Lipinski definition) is 4. The lowest BCUT2D eigenvalue weighted by Gasteiger charge is -2.26. The van der Waals surface area contributed by atoms with Crippen molar-refractivity contribution in [2.24, 2.45) is 0 Å². The van der Waals surface area contributed by atoms with Crippen LogP contribution in [0, 0.1) is 0 Å². The normalized spacial score (nSPS) is 15.7. The zero-order chi connectivity index (χ0) is 15.4. The summed E-state index contributed by atoms with van der Waals surface area (Å²) in [6, 6.07) is 14.3. The monoisotopic (exact) mass is 361 g/mol. The Morgan fingerprint density at radius 3 is 2.77 bits per heavy atom. The fourth-order valence-electron chi connectivity index (χ4n) is 2.56. The van der Waals surface area contributed by atoms with Crippen LogP contribution in [0.25, 0.3) is 0 Å². The van der Waals surface area contributed by atoms with E-state index in [1.54, 1.807) is 0 Å². The van der Waals surface area contributed by atoms with E-state index in [1.165, 1.54) is 5.56 Å². The van der Waals surface area contributed by atoms with Crippen LogP contribution in [-0.4, -0.2) is 31.2 Å². The molecule has 0 spiro atoms. The number of ether oxygens (including phenoxy) is 1. The molecule has 0 atom stereocenters. The Bertz CT molecular complexity index is 642. The van der Waals surface area contributed by atoms with Crippen molar-refractivity contribution in [2.45, 2.75) is 6.54 Å². The van der Waals surface area contributed by atoms with Gasteiger partial charge in [-0.1, -0.05) is 28.1 Å². The second-order valence-corrected chi connectivity index (χ2v) is 6.36. The lowest BCUT2D eigenvalue weighted by atomic mass is 10.1. The fourth-order valence-corrected chi connectivity index (χ4v) is 2.92. The standard InChI is InChI=1S/C17H20BrN3O/c18-14-4-5-16(19)17(11-14)20-15-3-1-2-13(10-15)12-21-6-8-22-9-7-21/h1-5,10-11,20H,6-9,12,19H2. The zero-order valence-electron chi connectivity index (χ0n) is 12.4. The molecule has 0 unspecified atom stereocenters. The van der Waals surface area contributed by atoms with E-state index < -0.39 is 0 Å². The summed E-state index contributed by atoms with van der Waals surface area (Å²) in [4.78, 5) is 2.41. The lowest BCUT2D eigenvalue weighted by Crippen LogP contribution is -2.35. The summed E-state index contributed by atoms with van der Waals surface area (Å²) in [6.45, 7) is 4.60. The van der Waals surface area contributed by atoms with Gasteiger partial charge in [-0.25, -0.2) is 0 Å². The maximum absolute atomic E-state index is 6.02. The summed E-state index contributed by atoms with van der Waals surface area (Å²) >= 11 is 3.48. The number of nitrogen functional groups attached to an aromatic ring is 1. The number of anilines is 3. The van der Waals surface area contributed by atoms with Gasteiger partial charge in [-0.2, -0.15) is 0 Å². The molecule has 5 heteroatoms. The summed E-state index contributed by atoms with van der Waals surface area (Å²) in [5.74, 6) is 0. The van der Waals surface area contributed by atoms with Crippen LogP contribution in [0.3, 0.4) is 0 Å². The zero-order valence-corrected chi connectivity index (χ0v) is 14.0. The van der Waals surface area contributed by atoms with Crippen LogP contribution in [0.15, 0.2) is 46.9 Å². The Labute approximate surface area is 139 Å². The summed E-state index contributed by atoms with van der Waals surface area (Å²) in [6.07, 6.45) is 0. The van der Waals surface area contributed by atoms with E-state index in [0.29, 0.717) is 0 Å². The topological polar surface area (TPSA) is 50.5 Å². The first kappa shape index (κ1) is 15.3. The molecule has 116 valence electrons. The van der Waals surface area contributed by atoms with Gasteiger partial charge in [0.2, 0.25) is 0 Å². The predicted octanol–water partition coefficient (Wildman–Crippen LogP) is 3.61. The number of nitrogens with one attached hydrogen (secondary N) is 1. The highest BCUT2D eigenvalue weighted by Gasteiger charge is 2.11. The highest BCUT2D eigenvalue weighted by molar-refractivity contribution is 9.10. The molecule has 1 aliphatic rings. The number of hydrogen-bond donors (Lipinski definition) is 2. The van der Waals surface area contributed by atoms with Crippen LogP contribution in [0.1, 0.15) is 5.56 Å². The molecule has 0 aromatic heterocycles. The maximum atomic E-state index is 6.02. The van der Waals surface area contributed by atoms with Gasteiger partial charge < -0.3 is 15.8 Å². The predicted molar refractivity (Wildman–Crippen MR) is 94.4 cm³/mol. The average molecular weight is 362 g/mol. The van der Waals surface area contributed by atoms with Crippen LogP contribution < -0.4 is 11.1 Å². The highest BCUT2D eigenvalue weighted by atomic mass is 79.9. The summed E-state index contributed by atoms with van der Waals surface area (Å²) in [5.41, 5.74) is 10.0. The van der Waals surface area contributed by atoms with E-state index in [1.807, 2.05) is 18.2 Å². The van der Waals surface area contributed by atoms with Gasteiger partial charge in [0.15, 0.2) is 0 Å². The number of halogens is 1. The molecule has 4 nitrogen and oxygen atoms in total. The minimum Gasteiger partial charge on any atom is -0.397 e. The molecule has 2 aromatic rings. The number of rotatable bonds is 4. The van der Waals surface area contributed by atoms with Gasteiger partial charge in [-0.05, 0) is 35.9 Å². The van der Waals surface area contributed by atoms with E-state index in [0.717, 1.165) is 54.4 Å². The van der Waals surface area contributed by atoms with Crippen molar-refractivity contribution >= 4 is 33.0 Å². The van der Waals surface area contributed by atoms with Gasteiger partial charge in [-0.15, -0.1) is 0 Å². The van der Waals surface area contributed by atoms with Gasteiger partial charge in [0.05, 0.1) is 24.6 Å². The first-order chi connectivity index (χ1) is 10.7. The number of nitrogens with two attached hydrogens (primary N) is 1. The first-order valence-electron chi connectivity index (χ1n) is 7.42. The largest absolute Gasteiger partial charge is 0.397 e. The van der Waals surface area contributed by atoms with Crippen LogP contribution in [0.4, 0.5) is 17.1 Å². The summed E-state index contributed by atoms with van der Waals surface area (Å²) < 4.78 is 6.40. The molecular formula is C17H20BrN3O. The second kappa shape index (κ2) is 7.13. The Balaban J connectivity index is 1.71. The van der Waals surface area contributed by atoms with E-state index >= 15 is 0 Å². The van der Waals surface area contributed by atoms with Crippen LogP contribution in [-0.2, 0) is 11.3 Å². The number of morpholine rings is 1. The van der Waals surface area contributed by atoms with Crippen molar-refractivity contribution in [3.8, 4) is 0 Å². The van der Waals surface area contributed by atoms with Crippen LogP contribution in [0.5, 0.6) is 0 Å². The fraction of sp³-hybridized carbons (Fsp3) is 0.294. The first-order valence-corrected chi connectivity index (χ1v) is 8.21. The molecule has 3 N–H and O–H groups in total. The number of benzene rings is 2. The van der Waals surface area contributed by atoms with E-state index in [2.05, 4.69) is 50.4 Å². The molecule has 0 amide bonds. The highest BCUT2D eigenvalue weighted by Crippen LogP contribution is 2.27. The average Bonchev–Trinajstić information content (AvgIpc) is 2.52. The van der Waals surface area contributed by atoms with Gasteiger partial charge >= 0.3 is 0 Å². The van der Waals surface area contributed by atoms with Crippen LogP contribution in [0.2, 0.25) is 0 Å². The van der Waals surface area contributed by atoms with Gasteiger partial charge in [0, 0.05) is 29.8 Å². The lowest BCUT2D eigenvalue weighted by molar-refractivity contribution is 0.0342. The van der Waals surface area contributed by atoms with Crippen LogP contribution >= 0.6 is 15.9 Å². The molecule has 0 aliphatic carbocycles. The Morgan fingerprint density at radius 2 is 1.95 bits per heavy atom. The molecular weight excluding hydrogens is 342 g/mol. The quantitative estimate of drug-likeness (QED) is 0.816. The van der Waals surface area contributed by atoms with Crippen molar-refractivity contribution in [1.29, 1.82) is 0 Å². The van der Waals surface area contributed by atoms with E-state index in [-0.39, 0.29) is 0 Å². The third-order valence-corrected chi connectivity index (χ3v) is 4.22. The number of nitrogens with zero attached hydrogens (tertiary/aromatic N) is 1.